The number of hydrogen-bond donors (Lipinski definition) is 0. The van der Waals surface area contributed by atoms with Crippen molar-refractivity contribution in [1.82, 2.24) is 4.90 Å². The van der Waals surface area contributed by atoms with Crippen LogP contribution in [0.5, 0.6) is 23.0 Å². The van der Waals surface area contributed by atoms with Crippen LogP contribution in [0, 0.1) is 5.92 Å². The van der Waals surface area contributed by atoms with Gasteiger partial charge in [0, 0.05) is 18.5 Å². The maximum absolute atomic E-state index is 12.9. The quantitative estimate of drug-likeness (QED) is 0.786. The molecule has 1 atom stereocenters. The zero-order valence-electron chi connectivity index (χ0n) is 15.5. The number of amides is 1. The highest BCUT2D eigenvalue weighted by molar-refractivity contribution is 7.12. The van der Waals surface area contributed by atoms with Crippen LogP contribution in [0.2, 0.25) is 0 Å². The first-order valence-electron chi connectivity index (χ1n) is 9.07. The molecule has 1 aromatic carbocycles. The first kappa shape index (κ1) is 18.0. The number of likely N-dealkylation sites (tertiary alicyclic amines) is 1. The van der Waals surface area contributed by atoms with Crippen LogP contribution < -0.4 is 18.9 Å². The molecule has 0 radical (unpaired) electrons. The second-order valence-electron chi connectivity index (χ2n) is 6.75. The molecule has 7 heteroatoms. The van der Waals surface area contributed by atoms with E-state index >= 15 is 0 Å². The number of ether oxygens (including phenoxy) is 4. The Hall–Kier alpha value is -2.41. The molecule has 1 aromatic heterocycles. The Labute approximate surface area is 162 Å². The van der Waals surface area contributed by atoms with Gasteiger partial charge in [-0.1, -0.05) is 6.07 Å². The highest BCUT2D eigenvalue weighted by Crippen LogP contribution is 2.40. The van der Waals surface area contributed by atoms with Gasteiger partial charge in [-0.3, -0.25) is 4.79 Å². The van der Waals surface area contributed by atoms with E-state index in [1.165, 1.54) is 16.9 Å². The number of benzene rings is 1. The van der Waals surface area contributed by atoms with E-state index in [0.717, 1.165) is 37.4 Å². The minimum Gasteiger partial charge on any atom is -0.493 e. The largest absolute Gasteiger partial charge is 0.493 e. The van der Waals surface area contributed by atoms with Crippen molar-refractivity contribution in [2.75, 3.05) is 40.5 Å². The second-order valence-corrected chi connectivity index (χ2v) is 7.63. The smallest absolute Gasteiger partial charge is 0.267 e. The summed E-state index contributed by atoms with van der Waals surface area (Å²) in [7, 11) is 3.28. The Morgan fingerprint density at radius 1 is 1.22 bits per heavy atom. The van der Waals surface area contributed by atoms with E-state index in [-0.39, 0.29) is 5.91 Å². The predicted molar refractivity (Wildman–Crippen MR) is 103 cm³/mol. The van der Waals surface area contributed by atoms with Gasteiger partial charge in [-0.2, -0.15) is 0 Å². The van der Waals surface area contributed by atoms with E-state index in [9.17, 15) is 4.79 Å². The van der Waals surface area contributed by atoms with Crippen molar-refractivity contribution in [3.05, 3.63) is 34.0 Å². The number of nitrogens with zero attached hydrogens (tertiary/aromatic N) is 1. The van der Waals surface area contributed by atoms with Crippen molar-refractivity contribution in [2.45, 2.75) is 12.8 Å². The molecule has 0 saturated carbocycles. The maximum atomic E-state index is 12.9. The van der Waals surface area contributed by atoms with E-state index in [0.29, 0.717) is 35.5 Å². The molecule has 0 aliphatic carbocycles. The SMILES string of the molecule is COc1ccc(CC2CCN(C(=O)c3scc4c3OCCO4)C2)cc1OC. The number of methoxy groups -OCH3 is 2. The number of rotatable bonds is 5. The van der Waals surface area contributed by atoms with Crippen LogP contribution in [0.1, 0.15) is 21.7 Å². The van der Waals surface area contributed by atoms with Crippen LogP contribution in [-0.4, -0.2) is 51.3 Å². The molecule has 0 N–H and O–H groups in total. The van der Waals surface area contributed by atoms with E-state index < -0.39 is 0 Å². The average molecular weight is 389 g/mol. The number of thiophene rings is 1. The van der Waals surface area contributed by atoms with Crippen molar-refractivity contribution in [1.29, 1.82) is 0 Å². The summed E-state index contributed by atoms with van der Waals surface area (Å²) in [4.78, 5) is 15.5. The van der Waals surface area contributed by atoms with Crippen LogP contribution in [0.25, 0.3) is 0 Å². The lowest BCUT2D eigenvalue weighted by Gasteiger charge is -2.19. The molecule has 4 rings (SSSR count). The highest BCUT2D eigenvalue weighted by atomic mass is 32.1. The van der Waals surface area contributed by atoms with Gasteiger partial charge in [-0.05, 0) is 36.5 Å². The van der Waals surface area contributed by atoms with Gasteiger partial charge >= 0.3 is 0 Å². The molecule has 2 aromatic rings. The van der Waals surface area contributed by atoms with Gasteiger partial charge in [0.15, 0.2) is 23.0 Å². The van der Waals surface area contributed by atoms with Crippen molar-refractivity contribution < 1.29 is 23.7 Å². The molecule has 1 saturated heterocycles. The summed E-state index contributed by atoms with van der Waals surface area (Å²) in [5, 5.41) is 1.86. The van der Waals surface area contributed by atoms with Crippen LogP contribution in [0.3, 0.4) is 0 Å². The topological polar surface area (TPSA) is 57.2 Å². The van der Waals surface area contributed by atoms with Crippen molar-refractivity contribution >= 4 is 17.2 Å². The fourth-order valence-electron chi connectivity index (χ4n) is 3.68. The molecule has 2 aliphatic heterocycles. The van der Waals surface area contributed by atoms with Crippen LogP contribution in [0.4, 0.5) is 0 Å². The minimum atomic E-state index is 0.0431. The molecular weight excluding hydrogens is 366 g/mol. The lowest BCUT2D eigenvalue weighted by Crippen LogP contribution is -2.29. The first-order chi connectivity index (χ1) is 13.2. The van der Waals surface area contributed by atoms with Crippen molar-refractivity contribution in [3.63, 3.8) is 0 Å². The summed E-state index contributed by atoms with van der Waals surface area (Å²) in [5.74, 6) is 3.24. The van der Waals surface area contributed by atoms with E-state index in [1.54, 1.807) is 14.2 Å². The number of hydrogen-bond acceptors (Lipinski definition) is 6. The van der Waals surface area contributed by atoms with Crippen LogP contribution in [-0.2, 0) is 6.42 Å². The maximum Gasteiger partial charge on any atom is 0.267 e. The minimum absolute atomic E-state index is 0.0431. The Morgan fingerprint density at radius 2 is 2.04 bits per heavy atom. The van der Waals surface area contributed by atoms with Crippen molar-refractivity contribution in [3.8, 4) is 23.0 Å². The van der Waals surface area contributed by atoms with Gasteiger partial charge in [-0.15, -0.1) is 11.3 Å². The third-order valence-electron chi connectivity index (χ3n) is 5.04. The molecular formula is C20H23NO5S. The van der Waals surface area contributed by atoms with Gasteiger partial charge in [0.2, 0.25) is 0 Å². The van der Waals surface area contributed by atoms with Gasteiger partial charge in [0.05, 0.1) is 14.2 Å². The van der Waals surface area contributed by atoms with Gasteiger partial charge in [-0.25, -0.2) is 0 Å². The summed E-state index contributed by atoms with van der Waals surface area (Å²) in [5.41, 5.74) is 1.19. The number of carbonyl (C=O) groups is 1. The van der Waals surface area contributed by atoms with Crippen molar-refractivity contribution in [2.24, 2.45) is 5.92 Å². The molecule has 3 heterocycles. The van der Waals surface area contributed by atoms with E-state index in [1.807, 2.05) is 22.4 Å². The third-order valence-corrected chi connectivity index (χ3v) is 5.97. The molecule has 0 spiro atoms. The third kappa shape index (κ3) is 3.56. The predicted octanol–water partition coefficient (Wildman–Crippen LogP) is 3.24. The number of carbonyl (C=O) groups excluding carboxylic acids is 1. The first-order valence-corrected chi connectivity index (χ1v) is 9.95. The van der Waals surface area contributed by atoms with Crippen LogP contribution >= 0.6 is 11.3 Å². The molecule has 2 aliphatic rings. The Morgan fingerprint density at radius 3 is 2.85 bits per heavy atom. The molecule has 0 bridgehead atoms. The Balaban J connectivity index is 1.41. The summed E-state index contributed by atoms with van der Waals surface area (Å²) in [6.45, 7) is 2.55. The Bertz CT molecular complexity index is 834. The van der Waals surface area contributed by atoms with Gasteiger partial charge in [0.1, 0.15) is 18.1 Å². The summed E-state index contributed by atoms with van der Waals surface area (Å²) in [6, 6.07) is 6.01. The molecule has 6 nitrogen and oxygen atoms in total. The molecule has 144 valence electrons. The van der Waals surface area contributed by atoms with Gasteiger partial charge in [0.25, 0.3) is 5.91 Å². The van der Waals surface area contributed by atoms with E-state index in [2.05, 4.69) is 6.07 Å². The molecule has 1 amide bonds. The zero-order chi connectivity index (χ0) is 18.8. The number of fused-ring (bicyclic) bond motifs is 1. The summed E-state index contributed by atoms with van der Waals surface area (Å²) in [6.07, 6.45) is 1.90. The molecule has 1 unspecified atom stereocenters. The highest BCUT2D eigenvalue weighted by Gasteiger charge is 2.31. The lowest BCUT2D eigenvalue weighted by atomic mass is 9.98. The molecule has 27 heavy (non-hydrogen) atoms. The normalized spacial score (nSPS) is 18.4. The second kappa shape index (κ2) is 7.68. The summed E-state index contributed by atoms with van der Waals surface area (Å²) < 4.78 is 21.9. The van der Waals surface area contributed by atoms with E-state index in [4.69, 9.17) is 18.9 Å². The zero-order valence-corrected chi connectivity index (χ0v) is 16.3. The fourth-order valence-corrected chi connectivity index (χ4v) is 4.58. The molecule has 1 fully saturated rings. The van der Waals surface area contributed by atoms with Gasteiger partial charge < -0.3 is 23.8 Å². The fraction of sp³-hybridized carbons (Fsp3) is 0.450. The standard InChI is InChI=1S/C20H23NO5S/c1-23-15-4-3-13(10-16(15)24-2)9-14-5-6-21(11-14)20(22)19-18-17(12-27-19)25-7-8-26-18/h3-4,10,12,14H,5-9,11H2,1-2H3. The van der Waals surface area contributed by atoms with Crippen LogP contribution in [0.15, 0.2) is 23.6 Å². The summed E-state index contributed by atoms with van der Waals surface area (Å²) >= 11 is 1.40. The monoisotopic (exact) mass is 389 g/mol. The lowest BCUT2D eigenvalue weighted by molar-refractivity contribution is 0.0783. The average Bonchev–Trinajstić information content (AvgIpc) is 3.34. The Kier molecular flexibility index (Phi) is 5.11.